The van der Waals surface area contributed by atoms with Crippen LogP contribution in [-0.2, 0) is 9.59 Å². The van der Waals surface area contributed by atoms with Crippen LogP contribution in [0, 0.1) is 0 Å². The topological polar surface area (TPSA) is 104 Å². The lowest BCUT2D eigenvalue weighted by molar-refractivity contribution is -0.140. The first-order chi connectivity index (χ1) is 18.0. The highest BCUT2D eigenvalue weighted by molar-refractivity contribution is 6.46. The molecule has 3 aromatic rings. The largest absolute Gasteiger partial charge is 0.507 e. The number of carbonyl (C=O) groups is 2. The van der Waals surface area contributed by atoms with Gasteiger partial charge in [-0.3, -0.25) is 9.59 Å². The van der Waals surface area contributed by atoms with Gasteiger partial charge in [0.05, 0.1) is 32.4 Å². The standard InChI is InChI=1S/C28H25NO8/c1-33-19-7-9-20(10-8-19)35-13-12-29-25(17-4-3-5-21(14-17)34-2)24(27(31)28(29)32)26(30)18-6-11-22-23(15-18)37-16-36-22/h3-11,14-15,25,30H,12-13,16H2,1-2H3/b26-24-. The first-order valence-electron chi connectivity index (χ1n) is 11.6. The Morgan fingerprint density at radius 1 is 0.919 bits per heavy atom. The average molecular weight is 504 g/mol. The third kappa shape index (κ3) is 4.63. The molecule has 1 N–H and O–H groups in total. The molecule has 9 nitrogen and oxygen atoms in total. The van der Waals surface area contributed by atoms with E-state index in [2.05, 4.69) is 0 Å². The molecule has 2 heterocycles. The van der Waals surface area contributed by atoms with Crippen LogP contribution in [-0.4, -0.2) is 55.9 Å². The number of methoxy groups -OCH3 is 2. The highest BCUT2D eigenvalue weighted by Crippen LogP contribution is 2.42. The van der Waals surface area contributed by atoms with Gasteiger partial charge in [-0.05, 0) is 60.2 Å². The van der Waals surface area contributed by atoms with Gasteiger partial charge in [0, 0.05) is 5.56 Å². The summed E-state index contributed by atoms with van der Waals surface area (Å²) in [5.41, 5.74) is 0.927. The van der Waals surface area contributed by atoms with Crippen LogP contribution in [0.4, 0.5) is 0 Å². The fourth-order valence-electron chi connectivity index (χ4n) is 4.40. The Labute approximate surface area is 213 Å². The van der Waals surface area contributed by atoms with Crippen molar-refractivity contribution in [3.63, 3.8) is 0 Å². The predicted molar refractivity (Wildman–Crippen MR) is 133 cm³/mol. The number of rotatable bonds is 8. The molecule has 0 radical (unpaired) electrons. The van der Waals surface area contributed by atoms with Gasteiger partial charge in [0.25, 0.3) is 11.7 Å². The van der Waals surface area contributed by atoms with Gasteiger partial charge in [0.2, 0.25) is 6.79 Å². The van der Waals surface area contributed by atoms with Crippen molar-refractivity contribution in [2.24, 2.45) is 0 Å². The summed E-state index contributed by atoms with van der Waals surface area (Å²) in [6, 6.07) is 18.1. The Balaban J connectivity index is 1.49. The summed E-state index contributed by atoms with van der Waals surface area (Å²) in [6.45, 7) is 0.308. The van der Waals surface area contributed by atoms with Crippen molar-refractivity contribution >= 4 is 17.4 Å². The van der Waals surface area contributed by atoms with Gasteiger partial charge in [0.15, 0.2) is 11.5 Å². The molecular weight excluding hydrogens is 478 g/mol. The molecule has 0 aliphatic carbocycles. The minimum absolute atomic E-state index is 0.0263. The molecule has 1 amide bonds. The molecule has 5 rings (SSSR count). The van der Waals surface area contributed by atoms with E-state index >= 15 is 0 Å². The molecule has 0 bridgehead atoms. The van der Waals surface area contributed by atoms with Gasteiger partial charge in [-0.1, -0.05) is 12.1 Å². The van der Waals surface area contributed by atoms with E-state index in [-0.39, 0.29) is 31.3 Å². The summed E-state index contributed by atoms with van der Waals surface area (Å²) in [4.78, 5) is 27.8. The van der Waals surface area contributed by atoms with E-state index in [0.29, 0.717) is 39.9 Å². The molecule has 1 saturated heterocycles. The van der Waals surface area contributed by atoms with Crippen molar-refractivity contribution in [2.45, 2.75) is 6.04 Å². The molecule has 2 aliphatic heterocycles. The molecule has 1 fully saturated rings. The molecule has 37 heavy (non-hydrogen) atoms. The number of aliphatic hydroxyl groups excluding tert-OH is 1. The van der Waals surface area contributed by atoms with Gasteiger partial charge < -0.3 is 33.7 Å². The maximum Gasteiger partial charge on any atom is 0.295 e. The summed E-state index contributed by atoms with van der Waals surface area (Å²) in [7, 11) is 3.11. The number of aliphatic hydroxyl groups is 1. The zero-order valence-electron chi connectivity index (χ0n) is 20.3. The molecule has 0 saturated carbocycles. The van der Waals surface area contributed by atoms with E-state index in [4.69, 9.17) is 23.7 Å². The first kappa shape index (κ1) is 24.1. The van der Waals surface area contributed by atoms with Crippen LogP contribution in [0.5, 0.6) is 28.7 Å². The van der Waals surface area contributed by atoms with Crippen LogP contribution in [0.1, 0.15) is 17.2 Å². The fourth-order valence-corrected chi connectivity index (χ4v) is 4.40. The summed E-state index contributed by atoms with van der Waals surface area (Å²) in [5.74, 6) is 1.01. The number of carbonyl (C=O) groups excluding carboxylic acids is 2. The number of hydrogen-bond acceptors (Lipinski definition) is 8. The Hall–Kier alpha value is -4.66. The highest BCUT2D eigenvalue weighted by Gasteiger charge is 2.46. The summed E-state index contributed by atoms with van der Waals surface area (Å²) in [5, 5.41) is 11.3. The number of ether oxygens (including phenoxy) is 5. The number of amides is 1. The van der Waals surface area contributed by atoms with Gasteiger partial charge in [-0.15, -0.1) is 0 Å². The molecular formula is C28H25NO8. The number of Topliss-reactive ketones (excluding diaryl/α,β-unsaturated/α-hetero) is 1. The SMILES string of the molecule is COc1ccc(OCCN2C(=O)C(=O)/C(=C(\O)c3ccc4c(c3)OCO4)C2c2cccc(OC)c2)cc1. The minimum Gasteiger partial charge on any atom is -0.507 e. The van der Waals surface area contributed by atoms with E-state index in [1.54, 1.807) is 73.8 Å². The molecule has 190 valence electrons. The summed E-state index contributed by atoms with van der Waals surface area (Å²) in [6.07, 6.45) is 0. The quantitative estimate of drug-likeness (QED) is 0.280. The summed E-state index contributed by atoms with van der Waals surface area (Å²) >= 11 is 0. The van der Waals surface area contributed by atoms with Gasteiger partial charge in [0.1, 0.15) is 29.6 Å². The third-order valence-corrected chi connectivity index (χ3v) is 6.26. The minimum atomic E-state index is -0.847. The van der Waals surface area contributed by atoms with Crippen LogP contribution in [0.3, 0.4) is 0 Å². The number of benzene rings is 3. The molecule has 2 aliphatic rings. The van der Waals surface area contributed by atoms with Gasteiger partial charge in [-0.25, -0.2) is 0 Å². The van der Waals surface area contributed by atoms with Gasteiger partial charge >= 0.3 is 0 Å². The lowest BCUT2D eigenvalue weighted by Crippen LogP contribution is -2.33. The van der Waals surface area contributed by atoms with Crippen LogP contribution < -0.4 is 23.7 Å². The van der Waals surface area contributed by atoms with E-state index in [1.807, 2.05) is 0 Å². The molecule has 9 heteroatoms. The second-order valence-corrected chi connectivity index (χ2v) is 8.36. The van der Waals surface area contributed by atoms with Crippen molar-refractivity contribution in [2.75, 3.05) is 34.2 Å². The number of hydrogen-bond donors (Lipinski definition) is 1. The monoisotopic (exact) mass is 503 g/mol. The summed E-state index contributed by atoms with van der Waals surface area (Å²) < 4.78 is 27.1. The van der Waals surface area contributed by atoms with Crippen LogP contribution >= 0.6 is 0 Å². The molecule has 1 atom stereocenters. The van der Waals surface area contributed by atoms with E-state index in [1.165, 1.54) is 12.0 Å². The number of ketones is 1. The lowest BCUT2D eigenvalue weighted by atomic mass is 9.95. The highest BCUT2D eigenvalue weighted by atomic mass is 16.7. The predicted octanol–water partition coefficient (Wildman–Crippen LogP) is 3.93. The van der Waals surface area contributed by atoms with Crippen molar-refractivity contribution in [1.82, 2.24) is 4.90 Å². The van der Waals surface area contributed by atoms with Crippen molar-refractivity contribution < 1.29 is 38.4 Å². The number of fused-ring (bicyclic) bond motifs is 1. The molecule has 1 unspecified atom stereocenters. The first-order valence-corrected chi connectivity index (χ1v) is 11.6. The van der Waals surface area contributed by atoms with E-state index in [0.717, 1.165) is 0 Å². The lowest BCUT2D eigenvalue weighted by Gasteiger charge is -2.25. The maximum absolute atomic E-state index is 13.3. The fraction of sp³-hybridized carbons (Fsp3) is 0.214. The van der Waals surface area contributed by atoms with Crippen LogP contribution in [0.2, 0.25) is 0 Å². The van der Waals surface area contributed by atoms with Crippen molar-refractivity contribution in [1.29, 1.82) is 0 Å². The molecule has 3 aromatic carbocycles. The average Bonchev–Trinajstić information content (AvgIpc) is 3.51. The maximum atomic E-state index is 13.3. The van der Waals surface area contributed by atoms with E-state index in [9.17, 15) is 14.7 Å². The Morgan fingerprint density at radius 3 is 2.41 bits per heavy atom. The van der Waals surface area contributed by atoms with E-state index < -0.39 is 17.7 Å². The van der Waals surface area contributed by atoms with Crippen molar-refractivity contribution in [3.8, 4) is 28.7 Å². The Bertz CT molecular complexity index is 1360. The van der Waals surface area contributed by atoms with Crippen molar-refractivity contribution in [3.05, 3.63) is 83.4 Å². The second-order valence-electron chi connectivity index (χ2n) is 8.36. The number of nitrogens with zero attached hydrogens (tertiary/aromatic N) is 1. The third-order valence-electron chi connectivity index (χ3n) is 6.26. The van der Waals surface area contributed by atoms with Crippen LogP contribution in [0.15, 0.2) is 72.3 Å². The second kappa shape index (κ2) is 10.1. The molecule has 0 spiro atoms. The Morgan fingerprint density at radius 2 is 1.65 bits per heavy atom. The number of likely N-dealkylation sites (tertiary alicyclic amines) is 1. The zero-order valence-corrected chi connectivity index (χ0v) is 20.3. The van der Waals surface area contributed by atoms with Crippen LogP contribution in [0.25, 0.3) is 5.76 Å². The van der Waals surface area contributed by atoms with Gasteiger partial charge in [-0.2, -0.15) is 0 Å². The zero-order chi connectivity index (χ0) is 25.9. The Kier molecular flexibility index (Phi) is 6.59. The normalized spacial score (nSPS) is 17.7. The molecule has 0 aromatic heterocycles. The smallest absolute Gasteiger partial charge is 0.295 e.